The molecule has 1 amide bonds. The minimum atomic E-state index is -4.44. The molecule has 0 saturated heterocycles. The van der Waals surface area contributed by atoms with Gasteiger partial charge in [-0.2, -0.15) is 13.2 Å². The van der Waals surface area contributed by atoms with E-state index in [4.69, 9.17) is 4.74 Å². The Labute approximate surface area is 157 Å². The average Bonchev–Trinajstić information content (AvgIpc) is 3.39. The van der Waals surface area contributed by atoms with Gasteiger partial charge in [-0.25, -0.2) is 0 Å². The Bertz CT molecular complexity index is 802. The Hall–Kier alpha value is -2.20. The minimum absolute atomic E-state index is 0.0817. The van der Waals surface area contributed by atoms with Crippen molar-refractivity contribution in [3.63, 3.8) is 0 Å². The van der Waals surface area contributed by atoms with Crippen LogP contribution < -0.4 is 10.2 Å². The molecule has 0 bridgehead atoms. The van der Waals surface area contributed by atoms with Gasteiger partial charge in [-0.05, 0) is 38.8 Å². The first-order valence-corrected chi connectivity index (χ1v) is 8.89. The number of hydrogen-bond acceptors (Lipinski definition) is 3. The highest BCUT2D eigenvalue weighted by molar-refractivity contribution is 5.86. The fourth-order valence-corrected chi connectivity index (χ4v) is 2.96. The van der Waals surface area contributed by atoms with Gasteiger partial charge in [-0.3, -0.25) is 4.79 Å². The molecule has 4 nitrogen and oxygen atoms in total. The Morgan fingerprint density at radius 3 is 2.63 bits per heavy atom. The fourth-order valence-electron chi connectivity index (χ4n) is 2.96. The van der Waals surface area contributed by atoms with E-state index in [2.05, 4.69) is 22.1 Å². The van der Waals surface area contributed by atoms with E-state index in [1.807, 2.05) is 25.2 Å². The van der Waals surface area contributed by atoms with Gasteiger partial charge in [-0.1, -0.05) is 17.9 Å². The van der Waals surface area contributed by atoms with Gasteiger partial charge in [0.2, 0.25) is 5.91 Å². The Balaban J connectivity index is 1.83. The molecular weight excluding hydrogens is 357 g/mol. The van der Waals surface area contributed by atoms with E-state index in [9.17, 15) is 18.0 Å². The number of benzene rings is 1. The molecule has 146 valence electrons. The van der Waals surface area contributed by atoms with Crippen molar-refractivity contribution >= 4 is 11.6 Å². The van der Waals surface area contributed by atoms with Crippen molar-refractivity contribution < 1.29 is 22.7 Å². The smallest absolute Gasteiger partial charge is 0.375 e. The van der Waals surface area contributed by atoms with Crippen molar-refractivity contribution in [1.82, 2.24) is 5.32 Å². The standard InChI is InChI=1S/C20H23F3N2O2/c1-18(2,17(26)24-19(9-10-19)20(21,22)23)8-7-14-5-4-6-16-15(14)13-27-12-11-25(16)3/h4-6H,9-13H2,1-3H3,(H,24,26). The average molecular weight is 380 g/mol. The van der Waals surface area contributed by atoms with Crippen molar-refractivity contribution in [3.05, 3.63) is 29.3 Å². The quantitative estimate of drug-likeness (QED) is 0.801. The third kappa shape index (κ3) is 3.91. The van der Waals surface area contributed by atoms with Crippen molar-refractivity contribution in [3.8, 4) is 11.8 Å². The Kier molecular flexibility index (Phi) is 4.89. The second kappa shape index (κ2) is 6.75. The number of nitrogens with zero attached hydrogens (tertiary/aromatic N) is 1. The number of rotatable bonds is 2. The van der Waals surface area contributed by atoms with E-state index in [0.717, 1.165) is 23.4 Å². The van der Waals surface area contributed by atoms with Gasteiger partial charge in [-0.15, -0.1) is 0 Å². The van der Waals surface area contributed by atoms with E-state index in [-0.39, 0.29) is 12.8 Å². The second-order valence-corrected chi connectivity index (χ2v) is 7.69. The zero-order valence-electron chi connectivity index (χ0n) is 15.7. The van der Waals surface area contributed by atoms with E-state index >= 15 is 0 Å². The van der Waals surface area contributed by atoms with Crippen LogP contribution in [0, 0.1) is 17.3 Å². The predicted molar refractivity (Wildman–Crippen MR) is 96.2 cm³/mol. The molecule has 0 unspecified atom stereocenters. The molecule has 0 radical (unpaired) electrons. The van der Waals surface area contributed by atoms with E-state index < -0.39 is 23.0 Å². The van der Waals surface area contributed by atoms with Crippen LogP contribution in [0.3, 0.4) is 0 Å². The first-order valence-electron chi connectivity index (χ1n) is 8.89. The molecule has 1 fully saturated rings. The molecule has 3 rings (SSSR count). The maximum atomic E-state index is 13.1. The van der Waals surface area contributed by atoms with E-state index in [0.29, 0.717) is 13.2 Å². The summed E-state index contributed by atoms with van der Waals surface area (Å²) in [7, 11) is 1.97. The molecular formula is C20H23F3N2O2. The Morgan fingerprint density at radius 1 is 1.30 bits per heavy atom. The molecule has 2 aliphatic rings. The normalized spacial score (nSPS) is 18.7. The summed E-state index contributed by atoms with van der Waals surface area (Å²) in [4.78, 5) is 14.5. The maximum Gasteiger partial charge on any atom is 0.411 e. The summed E-state index contributed by atoms with van der Waals surface area (Å²) in [6.45, 7) is 4.84. The van der Waals surface area contributed by atoms with Gasteiger partial charge >= 0.3 is 6.18 Å². The number of alkyl halides is 3. The van der Waals surface area contributed by atoms with Gasteiger partial charge in [0.15, 0.2) is 0 Å². The van der Waals surface area contributed by atoms with Gasteiger partial charge < -0.3 is 15.0 Å². The number of nitrogens with one attached hydrogen (secondary N) is 1. The lowest BCUT2D eigenvalue weighted by atomic mass is 9.91. The Morgan fingerprint density at radius 2 is 2.00 bits per heavy atom. The number of carbonyl (C=O) groups excluding carboxylic acids is 1. The number of likely N-dealkylation sites (N-methyl/N-ethyl adjacent to an activating group) is 1. The lowest BCUT2D eigenvalue weighted by molar-refractivity contribution is -0.172. The molecule has 1 N–H and O–H groups in total. The van der Waals surface area contributed by atoms with Crippen LogP contribution in [0.5, 0.6) is 0 Å². The van der Waals surface area contributed by atoms with Crippen LogP contribution in [-0.4, -0.2) is 37.8 Å². The van der Waals surface area contributed by atoms with Crippen LogP contribution in [0.2, 0.25) is 0 Å². The summed E-state index contributed by atoms with van der Waals surface area (Å²) < 4.78 is 44.9. The molecule has 1 aliphatic heterocycles. The fraction of sp³-hybridized carbons (Fsp3) is 0.550. The summed E-state index contributed by atoms with van der Waals surface area (Å²) in [5.41, 5.74) is -0.672. The molecule has 1 aromatic carbocycles. The molecule has 1 heterocycles. The summed E-state index contributed by atoms with van der Waals surface area (Å²) in [5, 5.41) is 2.16. The number of anilines is 1. The summed E-state index contributed by atoms with van der Waals surface area (Å²) >= 11 is 0. The van der Waals surface area contributed by atoms with Gasteiger partial charge in [0, 0.05) is 30.4 Å². The van der Waals surface area contributed by atoms with Crippen LogP contribution in [0.1, 0.15) is 37.8 Å². The number of amides is 1. The van der Waals surface area contributed by atoms with Crippen molar-refractivity contribution in [2.24, 2.45) is 5.41 Å². The molecule has 1 saturated carbocycles. The molecule has 27 heavy (non-hydrogen) atoms. The number of fused-ring (bicyclic) bond motifs is 1. The summed E-state index contributed by atoms with van der Waals surface area (Å²) in [6.07, 6.45) is -4.60. The first kappa shape index (κ1) is 19.6. The van der Waals surface area contributed by atoms with E-state index in [1.165, 1.54) is 13.8 Å². The second-order valence-electron chi connectivity index (χ2n) is 7.69. The monoisotopic (exact) mass is 380 g/mol. The summed E-state index contributed by atoms with van der Waals surface area (Å²) in [5.74, 6) is 5.14. The molecule has 1 aliphatic carbocycles. The van der Waals surface area contributed by atoms with Crippen LogP contribution >= 0.6 is 0 Å². The lowest BCUT2D eigenvalue weighted by Crippen LogP contribution is -2.51. The molecule has 7 heteroatoms. The maximum absolute atomic E-state index is 13.1. The molecule has 0 spiro atoms. The number of carbonyl (C=O) groups is 1. The topological polar surface area (TPSA) is 41.6 Å². The first-order chi connectivity index (χ1) is 12.6. The minimum Gasteiger partial charge on any atom is -0.375 e. The van der Waals surface area contributed by atoms with Crippen LogP contribution in [0.15, 0.2) is 18.2 Å². The predicted octanol–water partition coefficient (Wildman–Crippen LogP) is 3.24. The molecule has 1 aromatic rings. The van der Waals surface area contributed by atoms with Crippen molar-refractivity contribution in [2.45, 2.75) is 45.0 Å². The molecule has 0 atom stereocenters. The highest BCUT2D eigenvalue weighted by Crippen LogP contribution is 2.49. The zero-order valence-corrected chi connectivity index (χ0v) is 15.7. The number of halogens is 3. The number of hydrogen-bond donors (Lipinski definition) is 1. The summed E-state index contributed by atoms with van der Waals surface area (Å²) in [6, 6.07) is 5.69. The van der Waals surface area contributed by atoms with Crippen molar-refractivity contribution in [2.75, 3.05) is 25.1 Å². The highest BCUT2D eigenvalue weighted by Gasteiger charge is 2.64. The van der Waals surface area contributed by atoms with E-state index in [1.54, 1.807) is 0 Å². The number of ether oxygens (including phenoxy) is 1. The van der Waals surface area contributed by atoms with Crippen LogP contribution in [-0.2, 0) is 16.1 Å². The highest BCUT2D eigenvalue weighted by atomic mass is 19.4. The molecule has 0 aromatic heterocycles. The third-order valence-corrected chi connectivity index (χ3v) is 5.10. The SMILES string of the molecule is CN1CCOCc2c(C#CC(C)(C)C(=O)NC3(C(F)(F)F)CC3)cccc21. The largest absolute Gasteiger partial charge is 0.411 e. The van der Waals surface area contributed by atoms with Crippen LogP contribution in [0.4, 0.5) is 18.9 Å². The van der Waals surface area contributed by atoms with Gasteiger partial charge in [0.05, 0.1) is 13.2 Å². The van der Waals surface area contributed by atoms with Gasteiger partial charge in [0.25, 0.3) is 0 Å². The zero-order chi connectivity index (χ0) is 19.9. The van der Waals surface area contributed by atoms with Crippen LogP contribution in [0.25, 0.3) is 0 Å². The third-order valence-electron chi connectivity index (χ3n) is 5.10. The lowest BCUT2D eigenvalue weighted by Gasteiger charge is -2.25. The van der Waals surface area contributed by atoms with Crippen molar-refractivity contribution in [1.29, 1.82) is 0 Å². The van der Waals surface area contributed by atoms with Gasteiger partial charge in [0.1, 0.15) is 11.0 Å².